The summed E-state index contributed by atoms with van der Waals surface area (Å²) in [6.07, 6.45) is 2.56. The van der Waals surface area contributed by atoms with Crippen LogP contribution in [0, 0.1) is 0 Å². The molecule has 0 unspecified atom stereocenters. The zero-order valence-corrected chi connectivity index (χ0v) is 23.1. The molecule has 2 aromatic heterocycles. The minimum absolute atomic E-state index is 0.611. The summed E-state index contributed by atoms with van der Waals surface area (Å²) in [4.78, 5) is 7.23. The van der Waals surface area contributed by atoms with E-state index in [1.807, 2.05) is 24.3 Å². The lowest BCUT2D eigenvalue weighted by Crippen LogP contribution is -2.14. The smallest absolute Gasteiger partial charge is 0.221 e. The second-order valence-corrected chi connectivity index (χ2v) is 10.2. The van der Waals surface area contributed by atoms with E-state index in [9.17, 15) is 0 Å². The lowest BCUT2D eigenvalue weighted by atomic mass is 9.85. The zero-order valence-electron chi connectivity index (χ0n) is 23.1. The third kappa shape index (κ3) is 5.02. The summed E-state index contributed by atoms with van der Waals surface area (Å²) in [7, 11) is 5.95. The van der Waals surface area contributed by atoms with Crippen molar-refractivity contribution in [3.05, 3.63) is 132 Å². The maximum atomic E-state index is 5.98. The van der Waals surface area contributed by atoms with E-state index in [0.29, 0.717) is 5.88 Å². The number of ether oxygens (including phenoxy) is 1. The Morgan fingerprint density at radius 3 is 2.35 bits per heavy atom. The van der Waals surface area contributed by atoms with E-state index >= 15 is 0 Å². The number of hydrogen-bond donors (Lipinski definition) is 0. The summed E-state index contributed by atoms with van der Waals surface area (Å²) >= 11 is 0. The third-order valence-electron chi connectivity index (χ3n) is 7.34. The highest BCUT2D eigenvalue weighted by atomic mass is 16.5. The Hall–Kier alpha value is -4.67. The van der Waals surface area contributed by atoms with Crippen molar-refractivity contribution in [3.8, 4) is 17.2 Å². The molecule has 0 spiro atoms. The SMILES string of the molecule is COc1nc2ccc(-c3ccco3)cc2cc1C(=C(CCN(C)C)c1cccc2ccccc12)c1ccccc1. The first-order valence-electron chi connectivity index (χ1n) is 13.6. The highest BCUT2D eigenvalue weighted by Gasteiger charge is 2.21. The van der Waals surface area contributed by atoms with Crippen LogP contribution in [0.1, 0.15) is 23.1 Å². The van der Waals surface area contributed by atoms with Crippen molar-refractivity contribution in [2.24, 2.45) is 0 Å². The van der Waals surface area contributed by atoms with E-state index in [0.717, 1.165) is 51.9 Å². The average molecular weight is 525 g/mol. The summed E-state index contributed by atoms with van der Waals surface area (Å²) in [5.74, 6) is 1.44. The van der Waals surface area contributed by atoms with E-state index in [1.54, 1.807) is 13.4 Å². The number of fused-ring (bicyclic) bond motifs is 2. The van der Waals surface area contributed by atoms with Crippen LogP contribution in [0.25, 0.3) is 44.1 Å². The minimum Gasteiger partial charge on any atom is -0.481 e. The van der Waals surface area contributed by atoms with E-state index in [1.165, 1.54) is 21.9 Å². The number of furan rings is 1. The molecule has 4 aromatic carbocycles. The summed E-state index contributed by atoms with van der Waals surface area (Å²) in [6, 6.07) is 38.1. The molecule has 0 bridgehead atoms. The molecule has 0 aliphatic heterocycles. The van der Waals surface area contributed by atoms with Gasteiger partial charge in [0.25, 0.3) is 0 Å². The Morgan fingerprint density at radius 2 is 1.57 bits per heavy atom. The normalized spacial score (nSPS) is 12.2. The Morgan fingerprint density at radius 1 is 0.775 bits per heavy atom. The minimum atomic E-state index is 0.611. The molecule has 0 saturated carbocycles. The van der Waals surface area contributed by atoms with Crippen molar-refractivity contribution in [1.29, 1.82) is 0 Å². The number of hydrogen-bond acceptors (Lipinski definition) is 4. The first kappa shape index (κ1) is 25.6. The fraction of sp³-hybridized carbons (Fsp3) is 0.139. The number of rotatable bonds is 8. The maximum absolute atomic E-state index is 5.98. The van der Waals surface area contributed by atoms with Crippen LogP contribution in [0.3, 0.4) is 0 Å². The van der Waals surface area contributed by atoms with Crippen molar-refractivity contribution in [2.45, 2.75) is 6.42 Å². The largest absolute Gasteiger partial charge is 0.481 e. The summed E-state index contributed by atoms with van der Waals surface area (Å²) in [5.41, 5.74) is 7.62. The molecule has 0 radical (unpaired) electrons. The van der Waals surface area contributed by atoms with Gasteiger partial charge in [-0.25, -0.2) is 4.98 Å². The van der Waals surface area contributed by atoms with Crippen molar-refractivity contribution >= 4 is 32.8 Å². The van der Waals surface area contributed by atoms with E-state index in [2.05, 4.69) is 104 Å². The molecule has 0 N–H and O–H groups in total. The average Bonchev–Trinajstić information content (AvgIpc) is 3.54. The highest BCUT2D eigenvalue weighted by Crippen LogP contribution is 2.41. The van der Waals surface area contributed by atoms with Gasteiger partial charge < -0.3 is 14.1 Å². The molecule has 0 atom stereocenters. The topological polar surface area (TPSA) is 38.5 Å². The molecule has 0 aliphatic carbocycles. The monoisotopic (exact) mass is 524 g/mol. The Bertz CT molecular complexity index is 1800. The molecule has 6 rings (SSSR count). The Balaban J connectivity index is 1.68. The van der Waals surface area contributed by atoms with Gasteiger partial charge in [0.1, 0.15) is 5.76 Å². The number of benzene rings is 4. The summed E-state index contributed by atoms with van der Waals surface area (Å²) < 4.78 is 11.7. The van der Waals surface area contributed by atoms with Gasteiger partial charge in [-0.3, -0.25) is 0 Å². The van der Waals surface area contributed by atoms with Gasteiger partial charge in [-0.05, 0) is 90.0 Å². The van der Waals surface area contributed by atoms with E-state index in [-0.39, 0.29) is 0 Å². The van der Waals surface area contributed by atoms with Gasteiger partial charge in [0.05, 0.1) is 18.9 Å². The van der Waals surface area contributed by atoms with Gasteiger partial charge in [0, 0.05) is 23.1 Å². The summed E-state index contributed by atoms with van der Waals surface area (Å²) in [5, 5.41) is 3.49. The van der Waals surface area contributed by atoms with Crippen molar-refractivity contribution < 1.29 is 9.15 Å². The van der Waals surface area contributed by atoms with Crippen LogP contribution in [0.15, 0.2) is 120 Å². The van der Waals surface area contributed by atoms with Crippen LogP contribution < -0.4 is 4.74 Å². The fourth-order valence-corrected chi connectivity index (χ4v) is 5.41. The third-order valence-corrected chi connectivity index (χ3v) is 7.34. The highest BCUT2D eigenvalue weighted by molar-refractivity contribution is 6.07. The maximum Gasteiger partial charge on any atom is 0.221 e. The van der Waals surface area contributed by atoms with Crippen LogP contribution in [-0.4, -0.2) is 37.6 Å². The first-order chi connectivity index (χ1) is 19.6. The van der Waals surface area contributed by atoms with Gasteiger partial charge in [-0.1, -0.05) is 72.8 Å². The van der Waals surface area contributed by atoms with Crippen molar-refractivity contribution in [2.75, 3.05) is 27.7 Å². The zero-order chi connectivity index (χ0) is 27.5. The molecule has 40 heavy (non-hydrogen) atoms. The van der Waals surface area contributed by atoms with Crippen LogP contribution in [0.5, 0.6) is 5.88 Å². The number of aromatic nitrogens is 1. The van der Waals surface area contributed by atoms with Crippen molar-refractivity contribution in [3.63, 3.8) is 0 Å². The molecule has 198 valence electrons. The predicted octanol–water partition coefficient (Wildman–Crippen LogP) is 8.57. The second kappa shape index (κ2) is 11.2. The number of methoxy groups -OCH3 is 1. The molecular formula is C36H32N2O2. The van der Waals surface area contributed by atoms with Gasteiger partial charge in [0.2, 0.25) is 5.88 Å². The molecule has 0 aliphatic rings. The van der Waals surface area contributed by atoms with Crippen LogP contribution in [0.4, 0.5) is 0 Å². The molecule has 0 amide bonds. The molecular weight excluding hydrogens is 492 g/mol. The molecule has 6 aromatic rings. The Kier molecular flexibility index (Phi) is 7.17. The fourth-order valence-electron chi connectivity index (χ4n) is 5.41. The van der Waals surface area contributed by atoms with Crippen LogP contribution >= 0.6 is 0 Å². The number of pyridine rings is 1. The van der Waals surface area contributed by atoms with Gasteiger partial charge in [-0.15, -0.1) is 0 Å². The van der Waals surface area contributed by atoms with E-state index in [4.69, 9.17) is 14.1 Å². The quantitative estimate of drug-likeness (QED) is 0.187. The van der Waals surface area contributed by atoms with Crippen LogP contribution in [0.2, 0.25) is 0 Å². The molecule has 0 fully saturated rings. The molecule has 2 heterocycles. The molecule has 4 nitrogen and oxygen atoms in total. The molecule has 4 heteroatoms. The standard InChI is InChI=1S/C36H32N2O2/c1-38(2)21-20-31(30-16-9-14-25-11-7-8-15-29(25)30)35(26-12-5-4-6-13-26)32-24-28-23-27(34-17-10-22-40-34)18-19-33(28)37-36(32)39-3/h4-19,22-24H,20-21H2,1-3H3. The van der Waals surface area contributed by atoms with Crippen LogP contribution in [-0.2, 0) is 0 Å². The Labute approximate surface area is 235 Å². The van der Waals surface area contributed by atoms with E-state index < -0.39 is 0 Å². The summed E-state index contributed by atoms with van der Waals surface area (Å²) in [6.45, 7) is 0.904. The molecule has 0 saturated heterocycles. The predicted molar refractivity (Wildman–Crippen MR) is 165 cm³/mol. The second-order valence-electron chi connectivity index (χ2n) is 10.2. The van der Waals surface area contributed by atoms with Gasteiger partial charge in [-0.2, -0.15) is 0 Å². The first-order valence-corrected chi connectivity index (χ1v) is 13.6. The lowest BCUT2D eigenvalue weighted by molar-refractivity contribution is 0.398. The van der Waals surface area contributed by atoms with Gasteiger partial charge >= 0.3 is 0 Å². The van der Waals surface area contributed by atoms with Crippen molar-refractivity contribution in [1.82, 2.24) is 9.88 Å². The number of nitrogens with zero attached hydrogens (tertiary/aromatic N) is 2. The van der Waals surface area contributed by atoms with Gasteiger partial charge in [0.15, 0.2) is 0 Å². The lowest BCUT2D eigenvalue weighted by Gasteiger charge is -2.22.